The molecule has 1 aromatic heterocycles. The smallest absolute Gasteiger partial charge is 0.223 e. The third-order valence-corrected chi connectivity index (χ3v) is 3.79. The number of thiophene rings is 1. The predicted molar refractivity (Wildman–Crippen MR) is 70.8 cm³/mol. The number of amides is 1. The Bertz CT molecular complexity index is 358. The first-order chi connectivity index (χ1) is 8.16. The van der Waals surface area contributed by atoms with E-state index in [0.29, 0.717) is 12.5 Å². The van der Waals surface area contributed by atoms with Crippen molar-refractivity contribution in [1.82, 2.24) is 4.90 Å². The SMILES string of the molecule is CC(N)CCC(=O)N(Cc1ccsc1)C1CC1. The Balaban J connectivity index is 1.90. The number of carbonyl (C=O) groups excluding carboxylic acids is 1. The molecule has 1 amide bonds. The number of hydrogen-bond acceptors (Lipinski definition) is 3. The largest absolute Gasteiger partial charge is 0.335 e. The fourth-order valence-corrected chi connectivity index (χ4v) is 2.54. The zero-order chi connectivity index (χ0) is 12.3. The van der Waals surface area contributed by atoms with Crippen LogP contribution in [0.2, 0.25) is 0 Å². The molecule has 17 heavy (non-hydrogen) atoms. The van der Waals surface area contributed by atoms with Crippen LogP contribution in [0.25, 0.3) is 0 Å². The molecule has 4 heteroatoms. The third kappa shape index (κ3) is 3.82. The molecule has 2 N–H and O–H groups in total. The van der Waals surface area contributed by atoms with Gasteiger partial charge in [0.2, 0.25) is 5.91 Å². The minimum absolute atomic E-state index is 0.112. The van der Waals surface area contributed by atoms with Crippen LogP contribution in [0.4, 0.5) is 0 Å². The Morgan fingerprint density at radius 2 is 2.41 bits per heavy atom. The van der Waals surface area contributed by atoms with Crippen LogP contribution < -0.4 is 5.73 Å². The van der Waals surface area contributed by atoms with E-state index < -0.39 is 0 Å². The fourth-order valence-electron chi connectivity index (χ4n) is 1.88. The van der Waals surface area contributed by atoms with Crippen LogP contribution in [0.5, 0.6) is 0 Å². The molecule has 1 unspecified atom stereocenters. The molecule has 94 valence electrons. The van der Waals surface area contributed by atoms with Gasteiger partial charge in [-0.05, 0) is 48.6 Å². The molecule has 1 heterocycles. The average molecular weight is 252 g/mol. The summed E-state index contributed by atoms with van der Waals surface area (Å²) in [7, 11) is 0. The van der Waals surface area contributed by atoms with Crippen LogP contribution >= 0.6 is 11.3 Å². The third-order valence-electron chi connectivity index (χ3n) is 3.05. The van der Waals surface area contributed by atoms with Crippen molar-refractivity contribution in [2.75, 3.05) is 0 Å². The molecule has 3 nitrogen and oxygen atoms in total. The van der Waals surface area contributed by atoms with Crippen LogP contribution in [0, 0.1) is 0 Å². The topological polar surface area (TPSA) is 46.3 Å². The van der Waals surface area contributed by atoms with E-state index in [1.54, 1.807) is 11.3 Å². The number of carbonyl (C=O) groups is 1. The molecule has 0 spiro atoms. The highest BCUT2D eigenvalue weighted by Gasteiger charge is 2.32. The van der Waals surface area contributed by atoms with Gasteiger partial charge < -0.3 is 10.6 Å². The van der Waals surface area contributed by atoms with Crippen molar-refractivity contribution < 1.29 is 4.79 Å². The van der Waals surface area contributed by atoms with Gasteiger partial charge in [-0.15, -0.1) is 0 Å². The van der Waals surface area contributed by atoms with Gasteiger partial charge in [0.05, 0.1) is 0 Å². The van der Waals surface area contributed by atoms with Gasteiger partial charge in [0.15, 0.2) is 0 Å². The van der Waals surface area contributed by atoms with Crippen molar-refractivity contribution in [1.29, 1.82) is 0 Å². The second kappa shape index (κ2) is 5.65. The monoisotopic (exact) mass is 252 g/mol. The summed E-state index contributed by atoms with van der Waals surface area (Å²) < 4.78 is 0. The van der Waals surface area contributed by atoms with Crippen LogP contribution in [0.15, 0.2) is 16.8 Å². The zero-order valence-electron chi connectivity index (χ0n) is 10.3. The van der Waals surface area contributed by atoms with Crippen LogP contribution in [0.3, 0.4) is 0 Å². The maximum atomic E-state index is 12.1. The van der Waals surface area contributed by atoms with Crippen molar-refractivity contribution in [3.05, 3.63) is 22.4 Å². The van der Waals surface area contributed by atoms with Gasteiger partial charge in [-0.25, -0.2) is 0 Å². The Morgan fingerprint density at radius 3 is 2.94 bits per heavy atom. The molecule has 1 aliphatic rings. The summed E-state index contributed by atoms with van der Waals surface area (Å²) in [6.45, 7) is 2.72. The molecular formula is C13H20N2OS. The van der Waals surface area contributed by atoms with Gasteiger partial charge in [0.25, 0.3) is 0 Å². The highest BCUT2D eigenvalue weighted by atomic mass is 32.1. The normalized spacial score (nSPS) is 16.8. The van der Waals surface area contributed by atoms with E-state index in [2.05, 4.69) is 16.8 Å². The summed E-state index contributed by atoms with van der Waals surface area (Å²) in [5.74, 6) is 0.260. The second-order valence-corrected chi connectivity index (χ2v) is 5.68. The molecular weight excluding hydrogens is 232 g/mol. The molecule has 0 bridgehead atoms. The van der Waals surface area contributed by atoms with E-state index in [4.69, 9.17) is 5.73 Å². The summed E-state index contributed by atoms with van der Waals surface area (Å²) >= 11 is 1.69. The minimum Gasteiger partial charge on any atom is -0.335 e. The standard InChI is InChI=1S/C13H20N2OS/c1-10(14)2-5-13(16)15(12-3-4-12)8-11-6-7-17-9-11/h6-7,9-10,12H,2-5,8,14H2,1H3. The van der Waals surface area contributed by atoms with E-state index >= 15 is 0 Å². The first-order valence-electron chi connectivity index (χ1n) is 6.23. The molecule has 0 aliphatic heterocycles. The lowest BCUT2D eigenvalue weighted by Gasteiger charge is -2.22. The fraction of sp³-hybridized carbons (Fsp3) is 0.615. The Labute approximate surface area is 107 Å². The number of nitrogens with two attached hydrogens (primary N) is 1. The Kier molecular flexibility index (Phi) is 4.18. The molecule has 0 radical (unpaired) electrons. The lowest BCUT2D eigenvalue weighted by atomic mass is 10.1. The predicted octanol–water partition coefficient (Wildman–Crippen LogP) is 2.37. The Morgan fingerprint density at radius 1 is 1.65 bits per heavy atom. The second-order valence-electron chi connectivity index (χ2n) is 4.90. The molecule has 1 fully saturated rings. The van der Waals surface area contributed by atoms with Gasteiger partial charge >= 0.3 is 0 Å². The van der Waals surface area contributed by atoms with E-state index in [-0.39, 0.29) is 11.9 Å². The summed E-state index contributed by atoms with van der Waals surface area (Å²) in [5, 5.41) is 4.18. The number of nitrogens with zero attached hydrogens (tertiary/aromatic N) is 1. The van der Waals surface area contributed by atoms with Crippen LogP contribution in [0.1, 0.15) is 38.2 Å². The minimum atomic E-state index is 0.112. The summed E-state index contributed by atoms with van der Waals surface area (Å²) in [6.07, 6.45) is 3.69. The first-order valence-corrected chi connectivity index (χ1v) is 7.17. The van der Waals surface area contributed by atoms with Crippen molar-refractivity contribution in [2.45, 2.75) is 51.2 Å². The summed E-state index contributed by atoms with van der Waals surface area (Å²) in [6, 6.07) is 2.69. The first kappa shape index (κ1) is 12.6. The molecule has 1 aliphatic carbocycles. The van der Waals surface area contributed by atoms with Gasteiger partial charge in [-0.1, -0.05) is 0 Å². The van der Waals surface area contributed by atoms with E-state index in [1.807, 2.05) is 11.8 Å². The number of rotatable bonds is 6. The maximum Gasteiger partial charge on any atom is 0.223 e. The van der Waals surface area contributed by atoms with E-state index in [0.717, 1.165) is 25.8 Å². The van der Waals surface area contributed by atoms with E-state index in [9.17, 15) is 4.79 Å². The molecule has 1 saturated carbocycles. The van der Waals surface area contributed by atoms with Crippen molar-refractivity contribution in [3.63, 3.8) is 0 Å². The lowest BCUT2D eigenvalue weighted by molar-refractivity contribution is -0.132. The van der Waals surface area contributed by atoms with E-state index in [1.165, 1.54) is 5.56 Å². The summed E-state index contributed by atoms with van der Waals surface area (Å²) in [4.78, 5) is 14.2. The molecule has 0 saturated heterocycles. The van der Waals surface area contributed by atoms with Gasteiger partial charge in [-0.2, -0.15) is 11.3 Å². The molecule has 1 atom stereocenters. The quantitative estimate of drug-likeness (QED) is 0.845. The average Bonchev–Trinajstić information content (AvgIpc) is 3.00. The molecule has 0 aromatic carbocycles. The van der Waals surface area contributed by atoms with Crippen molar-refractivity contribution >= 4 is 17.2 Å². The molecule has 2 rings (SSSR count). The van der Waals surface area contributed by atoms with Crippen LogP contribution in [-0.4, -0.2) is 22.9 Å². The number of hydrogen-bond donors (Lipinski definition) is 1. The van der Waals surface area contributed by atoms with Crippen molar-refractivity contribution in [2.24, 2.45) is 5.73 Å². The Hall–Kier alpha value is -0.870. The van der Waals surface area contributed by atoms with Crippen LogP contribution in [-0.2, 0) is 11.3 Å². The summed E-state index contributed by atoms with van der Waals surface area (Å²) in [5.41, 5.74) is 6.95. The van der Waals surface area contributed by atoms with Crippen molar-refractivity contribution in [3.8, 4) is 0 Å². The van der Waals surface area contributed by atoms with Gasteiger partial charge in [0, 0.05) is 25.0 Å². The maximum absolute atomic E-state index is 12.1. The van der Waals surface area contributed by atoms with Gasteiger partial charge in [-0.3, -0.25) is 4.79 Å². The highest BCUT2D eigenvalue weighted by Crippen LogP contribution is 2.29. The highest BCUT2D eigenvalue weighted by molar-refractivity contribution is 7.07. The lowest BCUT2D eigenvalue weighted by Crippen LogP contribution is -2.33. The zero-order valence-corrected chi connectivity index (χ0v) is 11.1. The molecule has 1 aromatic rings. The van der Waals surface area contributed by atoms with Gasteiger partial charge in [0.1, 0.15) is 0 Å².